The summed E-state index contributed by atoms with van der Waals surface area (Å²) in [5.74, 6) is 0. The number of nitrogens with one attached hydrogen (secondary N) is 1. The standard InChI is InChI=1S/C16H30N2O2/c1-13(2,3)20-12(19)18-16(8-6-7-9-16)15(11-17)10-14(15,4)5/h6-11,17H2,1-5H3,(H,18,19). The Labute approximate surface area is 122 Å². The second-order valence-electron chi connectivity index (χ2n) is 8.26. The Kier molecular flexibility index (Phi) is 3.61. The lowest BCUT2D eigenvalue weighted by molar-refractivity contribution is 0.0367. The van der Waals surface area contributed by atoms with Crippen LogP contribution >= 0.6 is 0 Å². The van der Waals surface area contributed by atoms with Gasteiger partial charge in [0.15, 0.2) is 0 Å². The number of nitrogens with two attached hydrogens (primary N) is 1. The van der Waals surface area contributed by atoms with Gasteiger partial charge >= 0.3 is 6.09 Å². The second-order valence-corrected chi connectivity index (χ2v) is 8.26. The molecular formula is C16H30N2O2. The lowest BCUT2D eigenvalue weighted by Crippen LogP contribution is -2.57. The van der Waals surface area contributed by atoms with Gasteiger partial charge in [-0.25, -0.2) is 4.79 Å². The molecule has 0 aromatic rings. The Morgan fingerprint density at radius 2 is 1.75 bits per heavy atom. The van der Waals surface area contributed by atoms with Gasteiger partial charge in [-0.1, -0.05) is 26.7 Å². The number of ether oxygens (including phenoxy) is 1. The summed E-state index contributed by atoms with van der Waals surface area (Å²) in [5, 5.41) is 3.22. The quantitative estimate of drug-likeness (QED) is 0.835. The SMILES string of the molecule is CC(C)(C)OC(=O)NC1(C2(CN)CC2(C)C)CCCC1. The van der Waals surface area contributed by atoms with Crippen molar-refractivity contribution in [3.05, 3.63) is 0 Å². The molecule has 0 aromatic heterocycles. The molecule has 2 rings (SSSR count). The van der Waals surface area contributed by atoms with Gasteiger partial charge in [-0.2, -0.15) is 0 Å². The Hall–Kier alpha value is -0.770. The Bertz CT molecular complexity index is 392. The zero-order valence-corrected chi connectivity index (χ0v) is 13.6. The zero-order valence-electron chi connectivity index (χ0n) is 13.6. The van der Waals surface area contributed by atoms with Crippen LogP contribution in [0, 0.1) is 10.8 Å². The molecule has 1 atom stereocenters. The molecule has 0 radical (unpaired) electrons. The van der Waals surface area contributed by atoms with Crippen LogP contribution in [0.15, 0.2) is 0 Å². The molecule has 1 unspecified atom stereocenters. The molecule has 4 heteroatoms. The van der Waals surface area contributed by atoms with Gasteiger partial charge in [0.2, 0.25) is 0 Å². The fraction of sp³-hybridized carbons (Fsp3) is 0.938. The minimum Gasteiger partial charge on any atom is -0.444 e. The van der Waals surface area contributed by atoms with Crippen LogP contribution in [0.3, 0.4) is 0 Å². The molecule has 116 valence electrons. The van der Waals surface area contributed by atoms with E-state index in [1.807, 2.05) is 20.8 Å². The number of amides is 1. The summed E-state index contributed by atoms with van der Waals surface area (Å²) in [6.45, 7) is 10.8. The predicted octanol–water partition coefficient (Wildman–Crippen LogP) is 3.20. The molecule has 0 aliphatic heterocycles. The van der Waals surface area contributed by atoms with Crippen molar-refractivity contribution in [3.63, 3.8) is 0 Å². The molecule has 4 nitrogen and oxygen atoms in total. The molecule has 2 saturated carbocycles. The third-order valence-corrected chi connectivity index (χ3v) is 5.38. The molecule has 1 amide bonds. The van der Waals surface area contributed by atoms with Crippen molar-refractivity contribution in [2.45, 2.75) is 77.9 Å². The molecule has 2 aliphatic rings. The molecule has 0 aromatic carbocycles. The monoisotopic (exact) mass is 282 g/mol. The van der Waals surface area contributed by atoms with E-state index in [1.54, 1.807) is 0 Å². The van der Waals surface area contributed by atoms with Gasteiger partial charge in [0, 0.05) is 12.0 Å². The van der Waals surface area contributed by atoms with E-state index in [1.165, 1.54) is 0 Å². The topological polar surface area (TPSA) is 64.3 Å². The van der Waals surface area contributed by atoms with Gasteiger partial charge in [-0.3, -0.25) is 0 Å². The van der Waals surface area contributed by atoms with Gasteiger partial charge in [-0.15, -0.1) is 0 Å². The van der Waals surface area contributed by atoms with Crippen molar-refractivity contribution in [2.24, 2.45) is 16.6 Å². The first kappa shape index (κ1) is 15.6. The van der Waals surface area contributed by atoms with Crippen LogP contribution in [0.4, 0.5) is 4.79 Å². The van der Waals surface area contributed by atoms with E-state index in [9.17, 15) is 4.79 Å². The Morgan fingerprint density at radius 1 is 1.25 bits per heavy atom. The summed E-state index contributed by atoms with van der Waals surface area (Å²) >= 11 is 0. The van der Waals surface area contributed by atoms with Crippen LogP contribution in [0.5, 0.6) is 0 Å². The molecule has 20 heavy (non-hydrogen) atoms. The van der Waals surface area contributed by atoms with Gasteiger partial charge in [0.1, 0.15) is 5.60 Å². The zero-order chi connectivity index (χ0) is 15.2. The first-order chi connectivity index (χ1) is 9.08. The summed E-state index contributed by atoms with van der Waals surface area (Å²) in [6.07, 6.45) is 5.16. The average Bonchev–Trinajstić information content (AvgIpc) is 2.66. The van der Waals surface area contributed by atoms with E-state index >= 15 is 0 Å². The highest BCUT2D eigenvalue weighted by atomic mass is 16.6. The van der Waals surface area contributed by atoms with Crippen LogP contribution in [0.1, 0.15) is 66.7 Å². The fourth-order valence-electron chi connectivity index (χ4n) is 4.27. The van der Waals surface area contributed by atoms with Crippen LogP contribution in [-0.2, 0) is 4.74 Å². The van der Waals surface area contributed by atoms with E-state index in [2.05, 4.69) is 19.2 Å². The van der Waals surface area contributed by atoms with Crippen LogP contribution in [0.2, 0.25) is 0 Å². The number of carbonyl (C=O) groups is 1. The number of alkyl carbamates (subject to hydrolysis) is 1. The van der Waals surface area contributed by atoms with E-state index in [4.69, 9.17) is 10.5 Å². The number of hydrogen-bond acceptors (Lipinski definition) is 3. The Balaban J connectivity index is 2.18. The minimum absolute atomic E-state index is 0.0351. The third kappa shape index (κ3) is 2.43. The van der Waals surface area contributed by atoms with Crippen molar-refractivity contribution in [2.75, 3.05) is 6.54 Å². The van der Waals surface area contributed by atoms with Gasteiger partial charge in [0.25, 0.3) is 0 Å². The maximum atomic E-state index is 12.2. The maximum Gasteiger partial charge on any atom is 0.408 e. The maximum absolute atomic E-state index is 12.2. The van der Waals surface area contributed by atoms with Crippen molar-refractivity contribution in [1.29, 1.82) is 0 Å². The van der Waals surface area contributed by atoms with E-state index in [-0.39, 0.29) is 22.5 Å². The minimum atomic E-state index is -0.459. The third-order valence-electron chi connectivity index (χ3n) is 5.38. The normalized spacial score (nSPS) is 30.9. The molecule has 0 saturated heterocycles. The average molecular weight is 282 g/mol. The Morgan fingerprint density at radius 3 is 2.10 bits per heavy atom. The van der Waals surface area contributed by atoms with Gasteiger partial charge in [0.05, 0.1) is 5.54 Å². The summed E-state index contributed by atoms with van der Waals surface area (Å²) in [6, 6.07) is 0. The lowest BCUT2D eigenvalue weighted by Gasteiger charge is -2.41. The van der Waals surface area contributed by atoms with Crippen LogP contribution in [-0.4, -0.2) is 23.8 Å². The van der Waals surface area contributed by atoms with Gasteiger partial charge < -0.3 is 15.8 Å². The highest BCUT2D eigenvalue weighted by Gasteiger charge is 2.71. The van der Waals surface area contributed by atoms with Crippen molar-refractivity contribution >= 4 is 6.09 Å². The summed E-state index contributed by atoms with van der Waals surface area (Å²) in [7, 11) is 0. The predicted molar refractivity (Wildman–Crippen MR) is 80.5 cm³/mol. The summed E-state index contributed by atoms with van der Waals surface area (Å²) in [4.78, 5) is 12.2. The highest BCUT2D eigenvalue weighted by molar-refractivity contribution is 5.69. The number of hydrogen-bond donors (Lipinski definition) is 2. The highest BCUT2D eigenvalue weighted by Crippen LogP contribution is 2.71. The molecule has 0 heterocycles. The second kappa shape index (κ2) is 4.62. The smallest absolute Gasteiger partial charge is 0.408 e. The summed E-state index contributed by atoms with van der Waals surface area (Å²) in [5.41, 5.74) is 5.73. The van der Waals surface area contributed by atoms with Crippen molar-refractivity contribution < 1.29 is 9.53 Å². The molecule has 3 N–H and O–H groups in total. The van der Waals surface area contributed by atoms with E-state index < -0.39 is 5.60 Å². The van der Waals surface area contributed by atoms with Crippen LogP contribution in [0.25, 0.3) is 0 Å². The van der Waals surface area contributed by atoms with E-state index in [0.29, 0.717) is 6.54 Å². The fourth-order valence-corrected chi connectivity index (χ4v) is 4.27. The first-order valence-corrected chi connectivity index (χ1v) is 7.79. The number of rotatable bonds is 3. The molecule has 2 fully saturated rings. The number of carbonyl (C=O) groups excluding carboxylic acids is 1. The largest absolute Gasteiger partial charge is 0.444 e. The molecule has 0 spiro atoms. The molecule has 2 aliphatic carbocycles. The van der Waals surface area contributed by atoms with E-state index in [0.717, 1.165) is 32.1 Å². The lowest BCUT2D eigenvalue weighted by atomic mass is 9.74. The van der Waals surface area contributed by atoms with Gasteiger partial charge in [-0.05, 0) is 45.4 Å². The first-order valence-electron chi connectivity index (χ1n) is 7.79. The molecular weight excluding hydrogens is 252 g/mol. The molecule has 0 bridgehead atoms. The summed E-state index contributed by atoms with van der Waals surface area (Å²) < 4.78 is 5.47. The van der Waals surface area contributed by atoms with Crippen molar-refractivity contribution in [3.8, 4) is 0 Å². The van der Waals surface area contributed by atoms with Crippen molar-refractivity contribution in [1.82, 2.24) is 5.32 Å². The van der Waals surface area contributed by atoms with Crippen LogP contribution < -0.4 is 11.1 Å².